The van der Waals surface area contributed by atoms with Crippen LogP contribution in [0.2, 0.25) is 6.32 Å². The van der Waals surface area contributed by atoms with Crippen molar-refractivity contribution in [2.24, 2.45) is 0 Å². The van der Waals surface area contributed by atoms with Crippen molar-refractivity contribution in [3.8, 4) is 0 Å². The number of hydrogen-bond acceptors (Lipinski definition) is 4. The molecule has 0 saturated carbocycles. The molecule has 3 saturated heterocycles. The number of likely N-dealkylation sites (tertiary alicyclic amines) is 1. The van der Waals surface area contributed by atoms with E-state index in [2.05, 4.69) is 63.8 Å². The molecule has 3 fully saturated rings. The van der Waals surface area contributed by atoms with Crippen LogP contribution >= 0.6 is 0 Å². The van der Waals surface area contributed by atoms with Gasteiger partial charge in [-0.05, 0) is 65.8 Å². The highest BCUT2D eigenvalue weighted by molar-refractivity contribution is 6.45. The minimum absolute atomic E-state index is 0.0207. The molecular formula is C23H35BN2O4. The van der Waals surface area contributed by atoms with Crippen molar-refractivity contribution in [2.45, 2.75) is 95.6 Å². The molecule has 3 heterocycles. The standard InChI is InChI=1S/C23H35BN2O4/c1-21(2)22(3,4)30-24(29-21)14-12-18-19-11-13-23(5,26(19)20(27)28)16-25(18)15-17-9-7-6-8-10-17/h6-10,18-19H,11-16H2,1-5H3,(H,27,28)/t18-,19+,23-/m1/s1. The number of benzene rings is 1. The molecule has 1 N–H and O–H groups in total. The van der Waals surface area contributed by atoms with E-state index in [0.29, 0.717) is 0 Å². The summed E-state index contributed by atoms with van der Waals surface area (Å²) < 4.78 is 12.4. The summed E-state index contributed by atoms with van der Waals surface area (Å²) in [6.07, 6.45) is 2.67. The summed E-state index contributed by atoms with van der Waals surface area (Å²) in [4.78, 5) is 16.4. The lowest BCUT2D eigenvalue weighted by molar-refractivity contribution is -0.0233. The molecule has 0 radical (unpaired) electrons. The Morgan fingerprint density at radius 3 is 2.37 bits per heavy atom. The third-order valence-corrected chi connectivity index (χ3v) is 7.78. The maximum Gasteiger partial charge on any atom is 0.457 e. The number of rotatable bonds is 5. The van der Waals surface area contributed by atoms with Crippen LogP contribution in [0.4, 0.5) is 4.79 Å². The summed E-state index contributed by atoms with van der Waals surface area (Å²) in [5, 5.41) is 9.95. The predicted octanol–water partition coefficient (Wildman–Crippen LogP) is 4.25. The van der Waals surface area contributed by atoms with Gasteiger partial charge in [0.2, 0.25) is 0 Å². The van der Waals surface area contributed by atoms with Crippen molar-refractivity contribution in [1.29, 1.82) is 0 Å². The van der Waals surface area contributed by atoms with E-state index in [0.717, 1.165) is 38.7 Å². The predicted molar refractivity (Wildman–Crippen MR) is 117 cm³/mol. The number of carbonyl (C=O) groups is 1. The topological polar surface area (TPSA) is 62.2 Å². The Hall–Kier alpha value is -1.57. The monoisotopic (exact) mass is 414 g/mol. The zero-order valence-corrected chi connectivity index (χ0v) is 18.9. The minimum Gasteiger partial charge on any atom is -0.465 e. The fourth-order valence-corrected chi connectivity index (χ4v) is 5.56. The molecule has 7 heteroatoms. The zero-order chi connectivity index (χ0) is 21.7. The van der Waals surface area contributed by atoms with Gasteiger partial charge in [0, 0.05) is 19.1 Å². The van der Waals surface area contributed by atoms with E-state index in [1.807, 2.05) is 6.07 Å². The summed E-state index contributed by atoms with van der Waals surface area (Å²) >= 11 is 0. The third kappa shape index (κ3) is 3.76. The molecule has 0 unspecified atom stereocenters. The summed E-state index contributed by atoms with van der Waals surface area (Å²) in [7, 11) is -0.249. The lowest BCUT2D eigenvalue weighted by Gasteiger charge is -2.51. The van der Waals surface area contributed by atoms with E-state index >= 15 is 0 Å². The first-order valence-corrected chi connectivity index (χ1v) is 11.2. The van der Waals surface area contributed by atoms with Crippen molar-refractivity contribution in [3.05, 3.63) is 35.9 Å². The molecule has 3 aliphatic heterocycles. The Morgan fingerprint density at radius 2 is 1.77 bits per heavy atom. The van der Waals surface area contributed by atoms with Crippen molar-refractivity contribution >= 4 is 13.2 Å². The van der Waals surface area contributed by atoms with Crippen molar-refractivity contribution in [3.63, 3.8) is 0 Å². The van der Waals surface area contributed by atoms with E-state index in [1.54, 1.807) is 4.90 Å². The van der Waals surface area contributed by atoms with Gasteiger partial charge in [0.25, 0.3) is 0 Å². The summed E-state index contributed by atoms with van der Waals surface area (Å²) in [5.74, 6) is 0. The van der Waals surface area contributed by atoms with E-state index in [9.17, 15) is 9.90 Å². The van der Waals surface area contributed by atoms with E-state index in [1.165, 1.54) is 5.56 Å². The van der Waals surface area contributed by atoms with Crippen molar-refractivity contribution < 1.29 is 19.2 Å². The SMILES string of the molecule is CC1(C)OB(CC[C@@H]2[C@@H]3CC[C@](C)(CN2Cc2ccccc2)N3C(=O)O)OC1(C)C. The second-order valence-corrected chi connectivity index (χ2v) is 10.5. The quantitative estimate of drug-likeness (QED) is 0.730. The van der Waals surface area contributed by atoms with Gasteiger partial charge in [-0.25, -0.2) is 4.79 Å². The first-order chi connectivity index (χ1) is 14.0. The maximum absolute atomic E-state index is 12.1. The molecular weight excluding hydrogens is 379 g/mol. The van der Waals surface area contributed by atoms with Gasteiger partial charge in [0.05, 0.1) is 22.8 Å². The molecule has 1 aromatic carbocycles. The number of nitrogens with zero attached hydrogens (tertiary/aromatic N) is 2. The molecule has 0 aromatic heterocycles. The molecule has 1 aromatic rings. The van der Waals surface area contributed by atoms with Crippen LogP contribution in [0.3, 0.4) is 0 Å². The number of amides is 1. The van der Waals surface area contributed by atoms with Crippen LogP contribution in [0.5, 0.6) is 0 Å². The first-order valence-electron chi connectivity index (χ1n) is 11.2. The molecule has 3 atom stereocenters. The Bertz CT molecular complexity index is 771. The lowest BCUT2D eigenvalue weighted by Crippen LogP contribution is -2.65. The highest BCUT2D eigenvalue weighted by Crippen LogP contribution is 2.44. The molecule has 0 aliphatic carbocycles. The van der Waals surface area contributed by atoms with Crippen LogP contribution < -0.4 is 0 Å². The number of hydrogen-bond donors (Lipinski definition) is 1. The van der Waals surface area contributed by atoms with Gasteiger partial charge in [-0.15, -0.1) is 0 Å². The molecule has 2 bridgehead atoms. The lowest BCUT2D eigenvalue weighted by atomic mass is 9.79. The first kappa shape index (κ1) is 21.7. The van der Waals surface area contributed by atoms with Crippen LogP contribution in [0, 0.1) is 0 Å². The van der Waals surface area contributed by atoms with Gasteiger partial charge >= 0.3 is 13.2 Å². The second-order valence-electron chi connectivity index (χ2n) is 10.5. The summed E-state index contributed by atoms with van der Waals surface area (Å²) in [5.41, 5.74) is 0.274. The number of piperazine rings is 1. The van der Waals surface area contributed by atoms with Gasteiger partial charge in [-0.1, -0.05) is 30.3 Å². The van der Waals surface area contributed by atoms with Crippen molar-refractivity contribution in [2.75, 3.05) is 6.54 Å². The van der Waals surface area contributed by atoms with Crippen LogP contribution in [0.1, 0.15) is 59.4 Å². The normalized spacial score (nSPS) is 32.6. The van der Waals surface area contributed by atoms with Crippen LogP contribution in [-0.4, -0.2) is 63.5 Å². The van der Waals surface area contributed by atoms with Gasteiger partial charge < -0.3 is 14.4 Å². The number of carboxylic acid groups (broad SMARTS) is 1. The molecule has 4 rings (SSSR count). The molecule has 6 nitrogen and oxygen atoms in total. The van der Waals surface area contributed by atoms with E-state index < -0.39 is 6.09 Å². The van der Waals surface area contributed by atoms with Gasteiger partial charge in [-0.2, -0.15) is 0 Å². The summed E-state index contributed by atoms with van der Waals surface area (Å²) in [6, 6.07) is 10.7. The average molecular weight is 414 g/mol. The van der Waals surface area contributed by atoms with E-state index in [4.69, 9.17) is 9.31 Å². The Morgan fingerprint density at radius 1 is 1.13 bits per heavy atom. The van der Waals surface area contributed by atoms with Crippen LogP contribution in [0.15, 0.2) is 30.3 Å². The van der Waals surface area contributed by atoms with Crippen LogP contribution in [0.25, 0.3) is 0 Å². The number of fused-ring (bicyclic) bond motifs is 2. The summed E-state index contributed by atoms with van der Waals surface area (Å²) in [6.45, 7) is 12.0. The highest BCUT2D eigenvalue weighted by Gasteiger charge is 2.56. The Balaban J connectivity index is 1.53. The highest BCUT2D eigenvalue weighted by atomic mass is 16.7. The van der Waals surface area contributed by atoms with Crippen molar-refractivity contribution in [1.82, 2.24) is 9.80 Å². The smallest absolute Gasteiger partial charge is 0.457 e. The molecule has 3 aliphatic rings. The Kier molecular flexibility index (Phi) is 5.44. The molecule has 164 valence electrons. The second kappa shape index (κ2) is 7.54. The molecule has 1 amide bonds. The Labute approximate surface area is 180 Å². The largest absolute Gasteiger partial charge is 0.465 e. The maximum atomic E-state index is 12.1. The van der Waals surface area contributed by atoms with Crippen LogP contribution in [-0.2, 0) is 15.9 Å². The van der Waals surface area contributed by atoms with Gasteiger partial charge in [-0.3, -0.25) is 9.80 Å². The fraction of sp³-hybridized carbons (Fsp3) is 0.696. The average Bonchev–Trinajstić information content (AvgIpc) is 3.03. The molecule has 0 spiro atoms. The molecule has 30 heavy (non-hydrogen) atoms. The van der Waals surface area contributed by atoms with Gasteiger partial charge in [0.1, 0.15) is 0 Å². The third-order valence-electron chi connectivity index (χ3n) is 7.78. The fourth-order valence-electron chi connectivity index (χ4n) is 5.56. The minimum atomic E-state index is -0.792. The van der Waals surface area contributed by atoms with E-state index in [-0.39, 0.29) is 35.9 Å². The van der Waals surface area contributed by atoms with Gasteiger partial charge in [0.15, 0.2) is 0 Å². The zero-order valence-electron chi connectivity index (χ0n) is 18.9.